The van der Waals surface area contributed by atoms with Crippen LogP contribution in [0.3, 0.4) is 0 Å². The predicted octanol–water partition coefficient (Wildman–Crippen LogP) is -0.158. The van der Waals surface area contributed by atoms with Gasteiger partial charge in [-0.15, -0.1) is 0 Å². The number of amidine groups is 1. The van der Waals surface area contributed by atoms with Crippen LogP contribution in [0.5, 0.6) is 0 Å². The molecule has 1 aromatic heterocycles. The van der Waals surface area contributed by atoms with E-state index in [-0.39, 0.29) is 0 Å². The van der Waals surface area contributed by atoms with E-state index in [1.165, 1.54) is 11.8 Å². The molecule has 0 bridgehead atoms. The minimum atomic E-state index is 0.385. The van der Waals surface area contributed by atoms with Crippen molar-refractivity contribution in [3.63, 3.8) is 0 Å². The molecule has 5 nitrogen and oxygen atoms in total. The van der Waals surface area contributed by atoms with Gasteiger partial charge in [0.2, 0.25) is 0 Å². The SMILES string of the molecule is Cn1cncc1CS/C(N)=N/N. The number of aryl methyl sites for hydroxylation is 1. The molecule has 0 fully saturated rings. The third-order valence-corrected chi connectivity index (χ3v) is 2.25. The Kier molecular flexibility index (Phi) is 2.98. The Morgan fingerprint density at radius 3 is 3.08 bits per heavy atom. The summed E-state index contributed by atoms with van der Waals surface area (Å²) in [5.74, 6) is 5.71. The molecule has 0 aromatic carbocycles. The third kappa shape index (κ3) is 2.16. The number of nitrogens with two attached hydrogens (primary N) is 2. The van der Waals surface area contributed by atoms with Gasteiger partial charge in [0.05, 0.1) is 6.33 Å². The van der Waals surface area contributed by atoms with Gasteiger partial charge in [-0.1, -0.05) is 11.8 Å². The molecule has 1 aromatic rings. The molecule has 0 aliphatic heterocycles. The maximum atomic E-state index is 5.40. The molecular formula is C6H11N5S. The van der Waals surface area contributed by atoms with Gasteiger partial charge in [-0.25, -0.2) is 4.98 Å². The first-order chi connectivity index (χ1) is 5.74. The molecule has 4 N–H and O–H groups in total. The maximum Gasteiger partial charge on any atom is 0.177 e. The standard InChI is InChI=1S/C6H11N5S/c1-11-4-9-2-5(11)3-12-6(7)10-8/h2,4H,3,8H2,1H3,(H2,7,10). The van der Waals surface area contributed by atoms with Crippen molar-refractivity contribution in [2.75, 3.05) is 0 Å². The quantitative estimate of drug-likeness (QED) is 0.290. The number of imidazole rings is 1. The first-order valence-electron chi connectivity index (χ1n) is 3.35. The number of hydrogen-bond donors (Lipinski definition) is 2. The summed E-state index contributed by atoms with van der Waals surface area (Å²) in [7, 11) is 1.93. The molecule has 66 valence electrons. The number of hydrogen-bond acceptors (Lipinski definition) is 4. The summed E-state index contributed by atoms with van der Waals surface area (Å²) in [6, 6.07) is 0. The van der Waals surface area contributed by atoms with Crippen molar-refractivity contribution in [3.05, 3.63) is 18.2 Å². The lowest BCUT2D eigenvalue weighted by atomic mass is 10.5. The van der Waals surface area contributed by atoms with Crippen molar-refractivity contribution in [2.24, 2.45) is 23.7 Å². The molecule has 12 heavy (non-hydrogen) atoms. The molecular weight excluding hydrogens is 174 g/mol. The molecule has 0 saturated carbocycles. The summed E-state index contributed by atoms with van der Waals surface area (Å²) in [4.78, 5) is 3.96. The topological polar surface area (TPSA) is 82.2 Å². The van der Waals surface area contributed by atoms with Gasteiger partial charge in [-0.2, -0.15) is 5.10 Å². The summed E-state index contributed by atoms with van der Waals surface area (Å²) in [5.41, 5.74) is 6.49. The summed E-state index contributed by atoms with van der Waals surface area (Å²) in [6.07, 6.45) is 3.53. The third-order valence-electron chi connectivity index (χ3n) is 1.41. The minimum Gasteiger partial charge on any atom is -0.377 e. The van der Waals surface area contributed by atoms with E-state index >= 15 is 0 Å². The largest absolute Gasteiger partial charge is 0.377 e. The first kappa shape index (κ1) is 8.92. The zero-order valence-corrected chi connectivity index (χ0v) is 7.58. The molecule has 0 unspecified atom stereocenters. The van der Waals surface area contributed by atoms with Crippen LogP contribution in [-0.4, -0.2) is 14.7 Å². The Labute approximate surface area is 74.8 Å². The second-order valence-corrected chi connectivity index (χ2v) is 3.25. The highest BCUT2D eigenvalue weighted by Crippen LogP contribution is 2.09. The van der Waals surface area contributed by atoms with Crippen LogP contribution >= 0.6 is 11.8 Å². The molecule has 0 atom stereocenters. The van der Waals surface area contributed by atoms with Crippen LogP contribution in [0.2, 0.25) is 0 Å². The Bertz CT molecular complexity index is 279. The number of rotatable bonds is 2. The van der Waals surface area contributed by atoms with Crippen LogP contribution in [0.4, 0.5) is 0 Å². The van der Waals surface area contributed by atoms with Gasteiger partial charge in [0.25, 0.3) is 0 Å². The summed E-state index contributed by atoms with van der Waals surface area (Å²) >= 11 is 1.39. The second-order valence-electron chi connectivity index (χ2n) is 2.25. The van der Waals surface area contributed by atoms with Crippen LogP contribution in [0.15, 0.2) is 17.6 Å². The summed E-state index contributed by atoms with van der Waals surface area (Å²) in [5, 5.41) is 3.73. The average Bonchev–Trinajstić information content (AvgIpc) is 2.47. The highest BCUT2D eigenvalue weighted by Gasteiger charge is 1.99. The van der Waals surface area contributed by atoms with Crippen LogP contribution in [0.25, 0.3) is 0 Å². The Hall–Kier alpha value is -1.17. The van der Waals surface area contributed by atoms with Gasteiger partial charge in [-0.3, -0.25) is 0 Å². The van der Waals surface area contributed by atoms with Gasteiger partial charge in [-0.05, 0) is 0 Å². The van der Waals surface area contributed by atoms with E-state index < -0.39 is 0 Å². The number of hydrazone groups is 1. The summed E-state index contributed by atoms with van der Waals surface area (Å²) in [6.45, 7) is 0. The van der Waals surface area contributed by atoms with Gasteiger partial charge in [0, 0.05) is 24.7 Å². The fraction of sp³-hybridized carbons (Fsp3) is 0.333. The van der Waals surface area contributed by atoms with E-state index in [9.17, 15) is 0 Å². The average molecular weight is 185 g/mol. The predicted molar refractivity (Wildman–Crippen MR) is 50.3 cm³/mol. The van der Waals surface area contributed by atoms with Crippen LogP contribution in [-0.2, 0) is 12.8 Å². The van der Waals surface area contributed by atoms with E-state index in [0.29, 0.717) is 5.17 Å². The fourth-order valence-corrected chi connectivity index (χ4v) is 1.36. The molecule has 1 rings (SSSR count). The first-order valence-corrected chi connectivity index (χ1v) is 4.34. The van der Waals surface area contributed by atoms with Gasteiger partial charge < -0.3 is 16.1 Å². The highest BCUT2D eigenvalue weighted by molar-refractivity contribution is 8.13. The minimum absolute atomic E-state index is 0.385. The van der Waals surface area contributed by atoms with Crippen molar-refractivity contribution in [3.8, 4) is 0 Å². The van der Waals surface area contributed by atoms with E-state index in [1.807, 2.05) is 11.6 Å². The lowest BCUT2D eigenvalue weighted by Crippen LogP contribution is -2.09. The van der Waals surface area contributed by atoms with E-state index in [0.717, 1.165) is 11.4 Å². The molecule has 0 spiro atoms. The Balaban J connectivity index is 2.49. The zero-order valence-electron chi connectivity index (χ0n) is 6.77. The van der Waals surface area contributed by atoms with Gasteiger partial charge in [0.1, 0.15) is 0 Å². The van der Waals surface area contributed by atoms with E-state index in [2.05, 4.69) is 10.1 Å². The lowest BCUT2D eigenvalue weighted by molar-refractivity contribution is 0.867. The summed E-state index contributed by atoms with van der Waals surface area (Å²) < 4.78 is 1.93. The number of nitrogens with zero attached hydrogens (tertiary/aromatic N) is 3. The Morgan fingerprint density at radius 2 is 2.58 bits per heavy atom. The molecule has 6 heteroatoms. The smallest absolute Gasteiger partial charge is 0.177 e. The van der Waals surface area contributed by atoms with Crippen molar-refractivity contribution < 1.29 is 0 Å². The lowest BCUT2D eigenvalue weighted by Gasteiger charge is -1.99. The molecule has 0 aliphatic rings. The zero-order chi connectivity index (χ0) is 8.97. The van der Waals surface area contributed by atoms with Crippen molar-refractivity contribution in [1.29, 1.82) is 0 Å². The second kappa shape index (κ2) is 4.01. The molecule has 0 radical (unpaired) electrons. The molecule has 0 saturated heterocycles. The van der Waals surface area contributed by atoms with Crippen molar-refractivity contribution >= 4 is 16.9 Å². The van der Waals surface area contributed by atoms with E-state index in [4.69, 9.17) is 11.6 Å². The highest BCUT2D eigenvalue weighted by atomic mass is 32.2. The number of thioether (sulfide) groups is 1. The fourth-order valence-electron chi connectivity index (χ4n) is 0.709. The number of aromatic nitrogens is 2. The van der Waals surface area contributed by atoms with E-state index in [1.54, 1.807) is 12.5 Å². The molecule has 1 heterocycles. The van der Waals surface area contributed by atoms with Crippen LogP contribution in [0.1, 0.15) is 5.69 Å². The Morgan fingerprint density at radius 1 is 1.83 bits per heavy atom. The van der Waals surface area contributed by atoms with Crippen molar-refractivity contribution in [2.45, 2.75) is 5.75 Å². The van der Waals surface area contributed by atoms with Gasteiger partial charge >= 0.3 is 0 Å². The monoisotopic (exact) mass is 185 g/mol. The molecule has 0 aliphatic carbocycles. The maximum absolute atomic E-state index is 5.40. The van der Waals surface area contributed by atoms with Crippen LogP contribution in [0, 0.1) is 0 Å². The molecule has 0 amide bonds. The van der Waals surface area contributed by atoms with Crippen LogP contribution < -0.4 is 11.6 Å². The normalized spacial score (nSPS) is 11.9. The van der Waals surface area contributed by atoms with Crippen molar-refractivity contribution in [1.82, 2.24) is 9.55 Å². The van der Waals surface area contributed by atoms with Gasteiger partial charge in [0.15, 0.2) is 5.17 Å².